The van der Waals surface area contributed by atoms with Gasteiger partial charge in [-0.1, -0.05) is 36.8 Å². The highest BCUT2D eigenvalue weighted by atomic mass is 32.2. The van der Waals surface area contributed by atoms with Gasteiger partial charge in [0.15, 0.2) is 0 Å². The number of hydrogen-bond donors (Lipinski definition) is 1. The largest absolute Gasteiger partial charge is 0.394 e. The summed E-state index contributed by atoms with van der Waals surface area (Å²) in [5.74, 6) is 6.97. The Kier molecular flexibility index (Phi) is 5.69. The summed E-state index contributed by atoms with van der Waals surface area (Å²) in [4.78, 5) is 14.1. The molecule has 7 heteroatoms. The Morgan fingerprint density at radius 2 is 1.86 bits per heavy atom. The molecule has 4 rings (SSSR count). The summed E-state index contributed by atoms with van der Waals surface area (Å²) in [7, 11) is -3.43. The number of nitrogens with zero attached hydrogens (tertiary/aromatic N) is 2. The molecule has 0 unspecified atom stereocenters. The molecule has 2 saturated heterocycles. The topological polar surface area (TPSA) is 77.9 Å². The molecule has 0 radical (unpaired) electrons. The van der Waals surface area contributed by atoms with E-state index in [1.165, 1.54) is 30.0 Å². The fourth-order valence-corrected chi connectivity index (χ4v) is 5.79. The van der Waals surface area contributed by atoms with Crippen molar-refractivity contribution in [1.82, 2.24) is 9.21 Å². The molecule has 0 spiro atoms. The number of carbonyl (C=O) groups excluding carboxylic acids is 1. The molecule has 0 bridgehead atoms. The van der Waals surface area contributed by atoms with Crippen molar-refractivity contribution in [2.24, 2.45) is 5.92 Å². The molecular weight excluding hydrogens is 388 g/mol. The van der Waals surface area contributed by atoms with Gasteiger partial charge in [0.05, 0.1) is 31.5 Å². The fraction of sp³-hybridized carbons (Fsp3) is 0.591. The zero-order valence-corrected chi connectivity index (χ0v) is 17.6. The van der Waals surface area contributed by atoms with Crippen molar-refractivity contribution in [1.29, 1.82) is 0 Å². The summed E-state index contributed by atoms with van der Waals surface area (Å²) >= 11 is 0. The van der Waals surface area contributed by atoms with E-state index in [0.717, 1.165) is 29.7 Å². The molecule has 3 atom stereocenters. The predicted molar refractivity (Wildman–Crippen MR) is 111 cm³/mol. The molecule has 2 heterocycles. The minimum Gasteiger partial charge on any atom is -0.394 e. The number of hydrogen-bond acceptors (Lipinski definition) is 4. The van der Waals surface area contributed by atoms with Crippen LogP contribution in [-0.4, -0.2) is 66.7 Å². The summed E-state index contributed by atoms with van der Waals surface area (Å²) in [6.07, 6.45) is 7.32. The van der Waals surface area contributed by atoms with Gasteiger partial charge in [0.25, 0.3) is 0 Å². The molecule has 1 aliphatic carbocycles. The fourth-order valence-electron chi connectivity index (χ4n) is 5.02. The van der Waals surface area contributed by atoms with Crippen LogP contribution in [0.25, 0.3) is 0 Å². The average Bonchev–Trinajstić information content (AvgIpc) is 3.17. The van der Waals surface area contributed by atoms with Crippen LogP contribution in [0.15, 0.2) is 24.3 Å². The first-order chi connectivity index (χ1) is 13.9. The maximum absolute atomic E-state index is 12.4. The normalized spacial score (nSPS) is 27.9. The first-order valence-electron chi connectivity index (χ1n) is 10.3. The SMILES string of the molecule is CS(=O)(=O)N1CC(=O)N2[C@H](CO)[C@H](c3ccc(C#CCC4CCCC4)cc3)[C@H]2C1. The number of benzene rings is 1. The second kappa shape index (κ2) is 8.10. The Morgan fingerprint density at radius 3 is 2.48 bits per heavy atom. The van der Waals surface area contributed by atoms with Gasteiger partial charge in [-0.15, -0.1) is 0 Å². The number of aliphatic hydroxyl groups is 1. The van der Waals surface area contributed by atoms with E-state index in [4.69, 9.17) is 0 Å². The van der Waals surface area contributed by atoms with Crippen LogP contribution in [0, 0.1) is 17.8 Å². The van der Waals surface area contributed by atoms with Gasteiger partial charge in [-0.2, -0.15) is 4.31 Å². The molecule has 1 aromatic carbocycles. The third-order valence-corrected chi connectivity index (χ3v) is 7.80. The first-order valence-corrected chi connectivity index (χ1v) is 12.2. The lowest BCUT2D eigenvalue weighted by Gasteiger charge is -2.58. The van der Waals surface area contributed by atoms with Crippen LogP contribution < -0.4 is 0 Å². The van der Waals surface area contributed by atoms with Gasteiger partial charge < -0.3 is 10.0 Å². The monoisotopic (exact) mass is 416 g/mol. The zero-order valence-electron chi connectivity index (χ0n) is 16.8. The second-order valence-electron chi connectivity index (χ2n) is 8.48. The molecule has 1 aromatic rings. The van der Waals surface area contributed by atoms with Gasteiger partial charge in [0, 0.05) is 24.4 Å². The summed E-state index contributed by atoms with van der Waals surface area (Å²) in [6, 6.07) is 7.42. The Balaban J connectivity index is 1.48. The van der Waals surface area contributed by atoms with E-state index in [1.54, 1.807) is 4.90 Å². The average molecular weight is 417 g/mol. The Morgan fingerprint density at radius 1 is 1.17 bits per heavy atom. The van der Waals surface area contributed by atoms with E-state index in [-0.39, 0.29) is 43.6 Å². The maximum atomic E-state index is 12.4. The van der Waals surface area contributed by atoms with Crippen molar-refractivity contribution in [3.63, 3.8) is 0 Å². The molecule has 3 aliphatic rings. The molecule has 1 N–H and O–H groups in total. The van der Waals surface area contributed by atoms with Gasteiger partial charge in [0.2, 0.25) is 15.9 Å². The van der Waals surface area contributed by atoms with Crippen LogP contribution in [0.4, 0.5) is 0 Å². The highest BCUT2D eigenvalue weighted by Crippen LogP contribution is 2.43. The summed E-state index contributed by atoms with van der Waals surface area (Å²) in [6.45, 7) is -0.00249. The standard InChI is InChI=1S/C22H28N2O4S/c1-29(27,28)23-13-19-22(20(15-25)24(19)21(26)14-23)18-11-9-17(10-12-18)8-4-7-16-5-2-3-6-16/h9-12,16,19-20,22,25H,2-3,5-7,13-15H2,1H3/t19-,20-,22-/m1/s1. The lowest BCUT2D eigenvalue weighted by molar-refractivity contribution is -0.158. The zero-order chi connectivity index (χ0) is 20.6. The van der Waals surface area contributed by atoms with E-state index in [2.05, 4.69) is 11.8 Å². The third kappa shape index (κ3) is 4.07. The summed E-state index contributed by atoms with van der Waals surface area (Å²) in [5.41, 5.74) is 1.97. The summed E-state index contributed by atoms with van der Waals surface area (Å²) in [5, 5.41) is 9.83. The molecule has 1 saturated carbocycles. The lowest BCUT2D eigenvalue weighted by Crippen LogP contribution is -2.73. The maximum Gasteiger partial charge on any atom is 0.238 e. The number of fused-ring (bicyclic) bond motifs is 1. The van der Waals surface area contributed by atoms with Gasteiger partial charge in [-0.05, 0) is 36.5 Å². The smallest absolute Gasteiger partial charge is 0.238 e. The van der Waals surface area contributed by atoms with Crippen molar-refractivity contribution < 1.29 is 18.3 Å². The van der Waals surface area contributed by atoms with Gasteiger partial charge in [0.1, 0.15) is 0 Å². The van der Waals surface area contributed by atoms with Crippen LogP contribution in [-0.2, 0) is 14.8 Å². The van der Waals surface area contributed by atoms with E-state index in [0.29, 0.717) is 0 Å². The number of amides is 1. The molecular formula is C22H28N2O4S. The Bertz CT molecular complexity index is 926. The second-order valence-corrected chi connectivity index (χ2v) is 10.5. The number of carbonyl (C=O) groups is 1. The van der Waals surface area contributed by atoms with Crippen LogP contribution in [0.3, 0.4) is 0 Å². The van der Waals surface area contributed by atoms with Crippen LogP contribution in [0.5, 0.6) is 0 Å². The van der Waals surface area contributed by atoms with Gasteiger partial charge in [-0.25, -0.2) is 8.42 Å². The molecule has 0 aromatic heterocycles. The third-order valence-electron chi connectivity index (χ3n) is 6.58. The predicted octanol–water partition coefficient (Wildman–Crippen LogP) is 1.55. The van der Waals surface area contributed by atoms with E-state index in [1.807, 2.05) is 24.3 Å². The van der Waals surface area contributed by atoms with Crippen LogP contribution >= 0.6 is 0 Å². The number of aliphatic hydroxyl groups excluding tert-OH is 1. The molecule has 29 heavy (non-hydrogen) atoms. The molecule has 1 amide bonds. The lowest BCUT2D eigenvalue weighted by atomic mass is 9.74. The molecule has 2 aliphatic heterocycles. The highest BCUT2D eigenvalue weighted by Gasteiger charge is 2.54. The first kappa shape index (κ1) is 20.4. The van der Waals surface area contributed by atoms with Crippen LogP contribution in [0.1, 0.15) is 49.1 Å². The Labute approximate surface area is 172 Å². The summed E-state index contributed by atoms with van der Waals surface area (Å²) < 4.78 is 25.1. The van der Waals surface area contributed by atoms with E-state index >= 15 is 0 Å². The number of sulfonamides is 1. The molecule has 6 nitrogen and oxygen atoms in total. The minimum absolute atomic E-state index is 0.0750. The molecule has 3 fully saturated rings. The van der Waals surface area contributed by atoms with Crippen molar-refractivity contribution in [3.05, 3.63) is 35.4 Å². The minimum atomic E-state index is -3.43. The van der Waals surface area contributed by atoms with Crippen LogP contribution in [0.2, 0.25) is 0 Å². The van der Waals surface area contributed by atoms with Crippen molar-refractivity contribution in [2.45, 2.75) is 50.1 Å². The Hall–Kier alpha value is -1.88. The highest BCUT2D eigenvalue weighted by molar-refractivity contribution is 7.88. The van der Waals surface area contributed by atoms with E-state index in [9.17, 15) is 18.3 Å². The van der Waals surface area contributed by atoms with Crippen molar-refractivity contribution in [2.75, 3.05) is 26.0 Å². The van der Waals surface area contributed by atoms with Crippen molar-refractivity contribution in [3.8, 4) is 11.8 Å². The van der Waals surface area contributed by atoms with Crippen molar-refractivity contribution >= 4 is 15.9 Å². The van der Waals surface area contributed by atoms with Gasteiger partial charge >= 0.3 is 0 Å². The number of rotatable bonds is 4. The number of piperazine rings is 1. The molecule has 156 valence electrons. The van der Waals surface area contributed by atoms with Gasteiger partial charge in [-0.3, -0.25) is 4.79 Å². The quantitative estimate of drug-likeness (QED) is 0.756. The van der Waals surface area contributed by atoms with E-state index < -0.39 is 10.0 Å².